The van der Waals surface area contributed by atoms with E-state index in [4.69, 9.17) is 10.5 Å². The van der Waals surface area contributed by atoms with Gasteiger partial charge in [-0.2, -0.15) is 0 Å². The number of carbonyl (C=O) groups is 1. The number of ether oxygens (including phenoxy) is 1. The van der Waals surface area contributed by atoms with E-state index >= 15 is 0 Å². The second-order valence-corrected chi connectivity index (χ2v) is 4.21. The van der Waals surface area contributed by atoms with Gasteiger partial charge >= 0.3 is 6.09 Å². The van der Waals surface area contributed by atoms with Crippen molar-refractivity contribution in [2.45, 2.75) is 6.42 Å². The first-order valence-electron chi connectivity index (χ1n) is 6.21. The van der Waals surface area contributed by atoms with E-state index in [1.54, 1.807) is 18.2 Å². The Balaban J connectivity index is 1.94. The van der Waals surface area contributed by atoms with Crippen LogP contribution in [0.4, 0.5) is 14.9 Å². The predicted molar refractivity (Wildman–Crippen MR) is 75.2 cm³/mol. The van der Waals surface area contributed by atoms with Crippen LogP contribution in [0.3, 0.4) is 0 Å². The van der Waals surface area contributed by atoms with E-state index < -0.39 is 11.9 Å². The van der Waals surface area contributed by atoms with Crippen LogP contribution in [0, 0.1) is 5.82 Å². The topological polar surface area (TPSA) is 64.3 Å². The standard InChI is InChI=1S/C15H15FN2O2/c16-12-2-1-3-13(10-12)18-15(19)20-14-6-4-11(5-7-14)8-9-17/h1-7,10H,8-9,17H2,(H,18,19). The first-order valence-corrected chi connectivity index (χ1v) is 6.21. The fourth-order valence-electron chi connectivity index (χ4n) is 1.71. The average Bonchev–Trinajstić information content (AvgIpc) is 2.41. The van der Waals surface area contributed by atoms with E-state index in [1.807, 2.05) is 12.1 Å². The molecule has 0 atom stereocenters. The first kappa shape index (κ1) is 14.0. The summed E-state index contributed by atoms with van der Waals surface area (Å²) < 4.78 is 18.0. The highest BCUT2D eigenvalue weighted by atomic mass is 19.1. The van der Waals surface area contributed by atoms with Crippen LogP contribution in [0.1, 0.15) is 5.56 Å². The van der Waals surface area contributed by atoms with Gasteiger partial charge in [-0.05, 0) is 48.9 Å². The lowest BCUT2D eigenvalue weighted by molar-refractivity contribution is 0.215. The molecule has 104 valence electrons. The summed E-state index contributed by atoms with van der Waals surface area (Å²) in [4.78, 5) is 11.6. The highest BCUT2D eigenvalue weighted by Crippen LogP contribution is 2.14. The SMILES string of the molecule is NCCc1ccc(OC(=O)Nc2cccc(F)c2)cc1. The zero-order valence-electron chi connectivity index (χ0n) is 10.8. The largest absolute Gasteiger partial charge is 0.417 e. The molecule has 5 heteroatoms. The van der Waals surface area contributed by atoms with Crippen LogP contribution in [-0.2, 0) is 6.42 Å². The van der Waals surface area contributed by atoms with E-state index in [1.165, 1.54) is 18.2 Å². The predicted octanol–water partition coefficient (Wildman–Crippen LogP) is 2.94. The molecule has 2 aromatic rings. The van der Waals surface area contributed by atoms with E-state index in [-0.39, 0.29) is 0 Å². The number of rotatable bonds is 4. The van der Waals surface area contributed by atoms with Crippen LogP contribution in [0.5, 0.6) is 5.75 Å². The number of hydrogen-bond acceptors (Lipinski definition) is 3. The maximum atomic E-state index is 13.0. The number of nitrogens with one attached hydrogen (secondary N) is 1. The first-order chi connectivity index (χ1) is 9.67. The molecule has 20 heavy (non-hydrogen) atoms. The molecule has 0 saturated carbocycles. The second-order valence-electron chi connectivity index (χ2n) is 4.21. The molecule has 4 nitrogen and oxygen atoms in total. The molecular formula is C15H15FN2O2. The third kappa shape index (κ3) is 4.07. The number of benzene rings is 2. The van der Waals surface area contributed by atoms with Crippen molar-refractivity contribution in [1.82, 2.24) is 0 Å². The number of hydrogen-bond donors (Lipinski definition) is 2. The molecule has 0 spiro atoms. The number of amides is 1. The van der Waals surface area contributed by atoms with Gasteiger partial charge in [-0.25, -0.2) is 9.18 Å². The fraction of sp³-hybridized carbons (Fsp3) is 0.133. The molecule has 0 heterocycles. The molecule has 2 aromatic carbocycles. The number of anilines is 1. The van der Waals surface area contributed by atoms with Crippen LogP contribution in [0.15, 0.2) is 48.5 Å². The van der Waals surface area contributed by atoms with Crippen molar-refractivity contribution in [3.05, 3.63) is 59.9 Å². The van der Waals surface area contributed by atoms with Crippen molar-refractivity contribution in [2.24, 2.45) is 5.73 Å². The Bertz CT molecular complexity index is 585. The van der Waals surface area contributed by atoms with Crippen molar-refractivity contribution in [3.63, 3.8) is 0 Å². The molecule has 0 radical (unpaired) electrons. The van der Waals surface area contributed by atoms with Gasteiger partial charge in [-0.15, -0.1) is 0 Å². The molecule has 0 aliphatic carbocycles. The minimum Gasteiger partial charge on any atom is -0.410 e. The molecule has 0 bridgehead atoms. The zero-order valence-corrected chi connectivity index (χ0v) is 10.8. The molecule has 2 rings (SSSR count). The summed E-state index contributed by atoms with van der Waals surface area (Å²) in [6.45, 7) is 0.570. The molecule has 3 N–H and O–H groups in total. The van der Waals surface area contributed by atoms with Crippen LogP contribution < -0.4 is 15.8 Å². The van der Waals surface area contributed by atoms with Gasteiger partial charge in [0.1, 0.15) is 11.6 Å². The summed E-state index contributed by atoms with van der Waals surface area (Å²) in [7, 11) is 0. The number of halogens is 1. The Morgan fingerprint density at radius 3 is 2.60 bits per heavy atom. The maximum Gasteiger partial charge on any atom is 0.417 e. The smallest absolute Gasteiger partial charge is 0.410 e. The summed E-state index contributed by atoms with van der Waals surface area (Å²) in [5, 5.41) is 2.45. The van der Waals surface area contributed by atoms with Gasteiger partial charge in [-0.1, -0.05) is 18.2 Å². The highest BCUT2D eigenvalue weighted by Gasteiger charge is 2.05. The van der Waals surface area contributed by atoms with Gasteiger partial charge in [0.25, 0.3) is 0 Å². The Hall–Kier alpha value is -2.40. The molecule has 1 amide bonds. The zero-order chi connectivity index (χ0) is 14.4. The summed E-state index contributed by atoms with van der Waals surface area (Å²) in [6.07, 6.45) is 0.109. The third-order valence-electron chi connectivity index (χ3n) is 2.64. The highest BCUT2D eigenvalue weighted by molar-refractivity contribution is 5.86. The number of nitrogens with two attached hydrogens (primary N) is 1. The Kier molecular flexibility index (Phi) is 4.68. The quantitative estimate of drug-likeness (QED) is 0.901. The van der Waals surface area contributed by atoms with Crippen LogP contribution in [0.2, 0.25) is 0 Å². The van der Waals surface area contributed by atoms with Gasteiger partial charge in [0, 0.05) is 5.69 Å². The summed E-state index contributed by atoms with van der Waals surface area (Å²) in [5.41, 5.74) is 6.87. The van der Waals surface area contributed by atoms with E-state index in [2.05, 4.69) is 5.32 Å². The second kappa shape index (κ2) is 6.68. The van der Waals surface area contributed by atoms with Crippen molar-refractivity contribution >= 4 is 11.8 Å². The van der Waals surface area contributed by atoms with E-state index in [9.17, 15) is 9.18 Å². The number of carbonyl (C=O) groups excluding carboxylic acids is 1. The van der Waals surface area contributed by atoms with Gasteiger partial charge in [-0.3, -0.25) is 5.32 Å². The molecule has 0 aliphatic heterocycles. The summed E-state index contributed by atoms with van der Waals surface area (Å²) >= 11 is 0. The normalized spacial score (nSPS) is 10.1. The Morgan fingerprint density at radius 2 is 1.95 bits per heavy atom. The molecule has 0 aliphatic rings. The van der Waals surface area contributed by atoms with Crippen LogP contribution in [0.25, 0.3) is 0 Å². The van der Waals surface area contributed by atoms with Gasteiger partial charge in [0.15, 0.2) is 0 Å². The molecule has 0 fully saturated rings. The fourth-order valence-corrected chi connectivity index (χ4v) is 1.71. The molecule has 0 aromatic heterocycles. The average molecular weight is 274 g/mol. The Labute approximate surface area is 116 Å². The monoisotopic (exact) mass is 274 g/mol. The van der Waals surface area contributed by atoms with Gasteiger partial charge in [0.2, 0.25) is 0 Å². The van der Waals surface area contributed by atoms with Crippen molar-refractivity contribution < 1.29 is 13.9 Å². The lowest BCUT2D eigenvalue weighted by Crippen LogP contribution is -2.16. The Morgan fingerprint density at radius 1 is 1.20 bits per heavy atom. The maximum absolute atomic E-state index is 13.0. The molecule has 0 saturated heterocycles. The third-order valence-corrected chi connectivity index (χ3v) is 2.64. The van der Waals surface area contributed by atoms with Gasteiger partial charge in [0.05, 0.1) is 0 Å². The van der Waals surface area contributed by atoms with Crippen molar-refractivity contribution in [1.29, 1.82) is 0 Å². The van der Waals surface area contributed by atoms with Crippen LogP contribution in [-0.4, -0.2) is 12.6 Å². The summed E-state index contributed by atoms with van der Waals surface area (Å²) in [5.74, 6) is -0.00591. The van der Waals surface area contributed by atoms with Crippen molar-refractivity contribution in [2.75, 3.05) is 11.9 Å². The van der Waals surface area contributed by atoms with Gasteiger partial charge < -0.3 is 10.5 Å². The molecule has 0 unspecified atom stereocenters. The van der Waals surface area contributed by atoms with E-state index in [0.717, 1.165) is 12.0 Å². The lowest BCUT2D eigenvalue weighted by Gasteiger charge is -2.07. The van der Waals surface area contributed by atoms with E-state index in [0.29, 0.717) is 18.0 Å². The summed E-state index contributed by atoms with van der Waals surface area (Å²) in [6, 6.07) is 12.7. The lowest BCUT2D eigenvalue weighted by atomic mass is 10.1. The van der Waals surface area contributed by atoms with Crippen molar-refractivity contribution in [3.8, 4) is 5.75 Å². The minimum atomic E-state index is -0.665. The minimum absolute atomic E-state index is 0.342. The van der Waals surface area contributed by atoms with Crippen LogP contribution >= 0.6 is 0 Å². The molecular weight excluding hydrogens is 259 g/mol.